The van der Waals surface area contributed by atoms with Crippen LogP contribution < -0.4 is 0 Å². The van der Waals surface area contributed by atoms with Gasteiger partial charge in [0.05, 0.1) is 34.3 Å². The summed E-state index contributed by atoms with van der Waals surface area (Å²) in [6.45, 7) is 20.6. The number of methoxy groups -OCH3 is 3. The van der Waals surface area contributed by atoms with Gasteiger partial charge < -0.3 is 23.1 Å². The third-order valence-corrected chi connectivity index (χ3v) is 16.0. The highest BCUT2D eigenvalue weighted by Crippen LogP contribution is 2.45. The van der Waals surface area contributed by atoms with Crippen molar-refractivity contribution in [2.75, 3.05) is 27.9 Å². The maximum Gasteiger partial charge on any atom is 0.411 e. The van der Waals surface area contributed by atoms with E-state index in [1.165, 1.54) is 7.11 Å². The summed E-state index contributed by atoms with van der Waals surface area (Å²) in [4.78, 5) is 40.1. The second kappa shape index (κ2) is 9.92. The van der Waals surface area contributed by atoms with Crippen LogP contribution >= 0.6 is 0 Å². The molecule has 1 rings (SSSR count). The third-order valence-electron chi connectivity index (χ3n) is 7.30. The second-order valence-electron chi connectivity index (χ2n) is 11.6. The smallest absolute Gasteiger partial charge is 0.411 e. The Labute approximate surface area is 206 Å². The molecule has 0 saturated heterocycles. The number of rotatable bonds is 6. The summed E-state index contributed by atoms with van der Waals surface area (Å²) in [6.07, 6.45) is -1.16. The van der Waals surface area contributed by atoms with Crippen LogP contribution in [-0.4, -0.2) is 73.0 Å². The van der Waals surface area contributed by atoms with Gasteiger partial charge in [-0.15, -0.1) is 0 Å². The maximum atomic E-state index is 13.1. The average molecular weight is 518 g/mol. The Bertz CT molecular complexity index is 821. The minimum absolute atomic E-state index is 0.141. The van der Waals surface area contributed by atoms with Gasteiger partial charge in [0, 0.05) is 0 Å². The standard InChI is InChI=1S/C23H43NO8Si2/c1-21(2,3)33(10,11)31-16-14-23(18(25)28-7,19(26)29-8)24(20(27)30-9)15-17(16)32-34(12,13)22(4,5)6/h14-15H2,1-13H3. The SMILES string of the molecule is COC(=O)N1CC(O[Si](C)(C)C(C)(C)C)=C(O[Si](C)(C)C(C)(C)C)CC1(C(=O)OC)C(=O)OC. The molecule has 0 aromatic rings. The van der Waals surface area contributed by atoms with E-state index in [4.69, 9.17) is 23.1 Å². The Hall–Kier alpha value is -2.02. The molecule has 0 bridgehead atoms. The predicted molar refractivity (Wildman–Crippen MR) is 134 cm³/mol. The molecule has 0 aromatic carbocycles. The summed E-state index contributed by atoms with van der Waals surface area (Å²) in [5, 5.41) is -0.307. The minimum atomic E-state index is -2.43. The largest absolute Gasteiger partial charge is 0.544 e. The number of amides is 1. The zero-order valence-electron chi connectivity index (χ0n) is 23.1. The van der Waals surface area contributed by atoms with E-state index >= 15 is 0 Å². The predicted octanol–water partition coefficient (Wildman–Crippen LogP) is 4.80. The van der Waals surface area contributed by atoms with Crippen LogP contribution in [0.15, 0.2) is 11.5 Å². The zero-order valence-corrected chi connectivity index (χ0v) is 25.1. The lowest BCUT2D eigenvalue weighted by Crippen LogP contribution is -2.66. The summed E-state index contributed by atoms with van der Waals surface area (Å²) in [5.41, 5.74) is -2.10. The molecule has 9 nitrogen and oxygen atoms in total. The lowest BCUT2D eigenvalue weighted by Gasteiger charge is -2.47. The molecule has 1 amide bonds. The van der Waals surface area contributed by atoms with E-state index in [1.54, 1.807) is 0 Å². The molecule has 196 valence electrons. The van der Waals surface area contributed by atoms with Crippen molar-refractivity contribution in [1.29, 1.82) is 0 Å². The van der Waals surface area contributed by atoms with Crippen molar-refractivity contribution in [3.05, 3.63) is 11.5 Å². The molecule has 34 heavy (non-hydrogen) atoms. The third kappa shape index (κ3) is 5.61. The van der Waals surface area contributed by atoms with Gasteiger partial charge in [0.25, 0.3) is 0 Å². The number of nitrogens with zero attached hydrogens (tertiary/aromatic N) is 1. The van der Waals surface area contributed by atoms with Gasteiger partial charge in [-0.05, 0) is 36.3 Å². The van der Waals surface area contributed by atoms with Crippen molar-refractivity contribution in [2.45, 2.75) is 89.8 Å². The molecule has 0 saturated carbocycles. The Morgan fingerprint density at radius 2 is 1.12 bits per heavy atom. The van der Waals surface area contributed by atoms with Gasteiger partial charge in [-0.2, -0.15) is 0 Å². The molecule has 1 aliphatic heterocycles. The van der Waals surface area contributed by atoms with Crippen LogP contribution in [0.2, 0.25) is 36.3 Å². The minimum Gasteiger partial charge on any atom is -0.544 e. The van der Waals surface area contributed by atoms with Gasteiger partial charge in [0.15, 0.2) is 0 Å². The number of hydrogen-bond acceptors (Lipinski definition) is 8. The van der Waals surface area contributed by atoms with Crippen molar-refractivity contribution in [3.63, 3.8) is 0 Å². The molecule has 0 aliphatic carbocycles. The normalized spacial score (nSPS) is 17.1. The van der Waals surface area contributed by atoms with Crippen molar-refractivity contribution < 1.29 is 37.4 Å². The van der Waals surface area contributed by atoms with Crippen LogP contribution in [0.25, 0.3) is 0 Å². The molecule has 0 unspecified atom stereocenters. The van der Waals surface area contributed by atoms with Gasteiger partial charge in [0.2, 0.25) is 22.2 Å². The number of esters is 2. The molecule has 1 heterocycles. The van der Waals surface area contributed by atoms with E-state index in [1.807, 2.05) is 0 Å². The summed E-state index contributed by atoms with van der Waals surface area (Å²) in [6, 6.07) is 0. The van der Waals surface area contributed by atoms with Crippen LogP contribution in [0.5, 0.6) is 0 Å². The highest BCUT2D eigenvalue weighted by Gasteiger charge is 2.61. The summed E-state index contributed by atoms with van der Waals surface area (Å²) >= 11 is 0. The van der Waals surface area contributed by atoms with Crippen molar-refractivity contribution in [1.82, 2.24) is 4.90 Å². The Morgan fingerprint density at radius 3 is 1.44 bits per heavy atom. The first-order chi connectivity index (χ1) is 15.2. The highest BCUT2D eigenvalue weighted by molar-refractivity contribution is 6.75. The maximum absolute atomic E-state index is 13.1. The molecule has 1 aliphatic rings. The summed E-state index contributed by atoms with van der Waals surface area (Å²) in [7, 11) is -1.32. The zero-order chi connectivity index (χ0) is 26.9. The van der Waals surface area contributed by atoms with Gasteiger partial charge in [-0.1, -0.05) is 41.5 Å². The highest BCUT2D eigenvalue weighted by atomic mass is 28.4. The molecular weight excluding hydrogens is 474 g/mol. The molecular formula is C23H43NO8Si2. The van der Waals surface area contributed by atoms with Gasteiger partial charge in [-0.3, -0.25) is 4.90 Å². The summed E-state index contributed by atoms with van der Waals surface area (Å²) < 4.78 is 28.2. The monoisotopic (exact) mass is 517 g/mol. The van der Waals surface area contributed by atoms with Crippen molar-refractivity contribution in [2.24, 2.45) is 0 Å². The fourth-order valence-electron chi connectivity index (χ4n) is 3.01. The fraction of sp³-hybridized carbons (Fsp3) is 0.783. The van der Waals surface area contributed by atoms with Crippen LogP contribution in [0, 0.1) is 0 Å². The Kier molecular flexibility index (Phi) is 8.76. The number of carbonyl (C=O) groups is 3. The lowest BCUT2D eigenvalue weighted by molar-refractivity contribution is -0.172. The molecule has 0 spiro atoms. The lowest BCUT2D eigenvalue weighted by atomic mass is 9.88. The summed E-state index contributed by atoms with van der Waals surface area (Å²) in [5.74, 6) is -1.09. The fourth-order valence-corrected chi connectivity index (χ4v) is 5.22. The van der Waals surface area contributed by atoms with Gasteiger partial charge in [-0.25, -0.2) is 14.4 Å². The Morgan fingerprint density at radius 1 is 0.735 bits per heavy atom. The molecule has 0 N–H and O–H groups in total. The second-order valence-corrected chi connectivity index (χ2v) is 21.1. The van der Waals surface area contributed by atoms with E-state index < -0.39 is 40.2 Å². The molecule has 0 fully saturated rings. The first-order valence-corrected chi connectivity index (χ1v) is 17.2. The van der Waals surface area contributed by atoms with E-state index in [0.717, 1.165) is 19.1 Å². The van der Waals surface area contributed by atoms with Crippen molar-refractivity contribution in [3.8, 4) is 0 Å². The van der Waals surface area contributed by atoms with Crippen LogP contribution in [0.1, 0.15) is 48.0 Å². The first-order valence-electron chi connectivity index (χ1n) is 11.3. The topological polar surface area (TPSA) is 101 Å². The van der Waals surface area contributed by atoms with Crippen molar-refractivity contribution >= 4 is 34.7 Å². The average Bonchev–Trinajstić information content (AvgIpc) is 2.70. The quantitative estimate of drug-likeness (QED) is 0.214. The van der Waals surface area contributed by atoms with Crippen LogP contribution in [0.4, 0.5) is 4.79 Å². The molecule has 0 radical (unpaired) electrons. The molecule has 0 aromatic heterocycles. The van der Waals surface area contributed by atoms with Gasteiger partial charge in [0.1, 0.15) is 11.5 Å². The van der Waals surface area contributed by atoms with E-state index in [9.17, 15) is 14.4 Å². The van der Waals surface area contributed by atoms with E-state index in [-0.39, 0.29) is 23.0 Å². The van der Waals surface area contributed by atoms with E-state index in [0.29, 0.717) is 11.5 Å². The van der Waals surface area contributed by atoms with Crippen LogP contribution in [-0.2, 0) is 32.7 Å². The van der Waals surface area contributed by atoms with Crippen LogP contribution in [0.3, 0.4) is 0 Å². The Balaban J connectivity index is 3.90. The van der Waals surface area contributed by atoms with E-state index in [2.05, 4.69) is 67.7 Å². The number of ether oxygens (including phenoxy) is 3. The number of hydrogen-bond donors (Lipinski definition) is 0. The molecule has 0 atom stereocenters. The first kappa shape index (κ1) is 30.0. The molecule has 11 heteroatoms. The van der Waals surface area contributed by atoms with Gasteiger partial charge >= 0.3 is 18.0 Å². The number of carbonyl (C=O) groups excluding carboxylic acids is 3.